The van der Waals surface area contributed by atoms with E-state index >= 15 is 0 Å². The van der Waals surface area contributed by atoms with Gasteiger partial charge in [-0.2, -0.15) is 13.2 Å². The molecule has 1 heterocycles. The number of carbonyl (C=O) groups excluding carboxylic acids is 1. The molecule has 0 spiro atoms. The summed E-state index contributed by atoms with van der Waals surface area (Å²) in [5.41, 5.74) is 2.11. The molecule has 0 radical (unpaired) electrons. The number of benzene rings is 1. The van der Waals surface area contributed by atoms with E-state index in [0.29, 0.717) is 0 Å². The fraction of sp³-hybridized carbons (Fsp3) is 0.611. The maximum atomic E-state index is 12.0. The standard InChI is InChI=1S/C18H25F3N2O2/c1-14-6-8-23(9-7-14)11-16-5-3-2-4-15(16)10-22-17(24)12-25-13-18(19,20)21/h2-5,14H,6-13H2,1H3,(H,22,24). The molecule has 140 valence electrons. The zero-order valence-electron chi connectivity index (χ0n) is 14.4. The third kappa shape index (κ3) is 7.44. The molecular weight excluding hydrogens is 333 g/mol. The predicted molar refractivity (Wildman–Crippen MR) is 88.8 cm³/mol. The van der Waals surface area contributed by atoms with E-state index in [1.165, 1.54) is 12.8 Å². The molecule has 1 N–H and O–H groups in total. The fourth-order valence-electron chi connectivity index (χ4n) is 2.85. The second-order valence-electron chi connectivity index (χ2n) is 6.61. The number of piperidine rings is 1. The molecule has 0 aliphatic carbocycles. The number of rotatable bonds is 7. The number of carbonyl (C=O) groups is 1. The van der Waals surface area contributed by atoms with E-state index in [1.807, 2.05) is 24.3 Å². The lowest BCUT2D eigenvalue weighted by Crippen LogP contribution is -2.33. The first-order valence-corrected chi connectivity index (χ1v) is 8.54. The summed E-state index contributed by atoms with van der Waals surface area (Å²) in [4.78, 5) is 14.0. The van der Waals surface area contributed by atoms with Crippen LogP contribution in [0.3, 0.4) is 0 Å². The molecule has 1 saturated heterocycles. The van der Waals surface area contributed by atoms with Gasteiger partial charge < -0.3 is 10.1 Å². The highest BCUT2D eigenvalue weighted by Gasteiger charge is 2.27. The zero-order chi connectivity index (χ0) is 18.3. The molecule has 7 heteroatoms. The normalized spacial score (nSPS) is 16.8. The van der Waals surface area contributed by atoms with E-state index in [9.17, 15) is 18.0 Å². The van der Waals surface area contributed by atoms with Gasteiger partial charge >= 0.3 is 6.18 Å². The Morgan fingerprint density at radius 2 is 1.88 bits per heavy atom. The smallest absolute Gasteiger partial charge is 0.362 e. The van der Waals surface area contributed by atoms with Crippen molar-refractivity contribution in [2.24, 2.45) is 5.92 Å². The van der Waals surface area contributed by atoms with Crippen molar-refractivity contribution in [2.45, 2.75) is 39.0 Å². The summed E-state index contributed by atoms with van der Waals surface area (Å²) in [6.45, 7) is 3.50. The van der Waals surface area contributed by atoms with Crippen molar-refractivity contribution < 1.29 is 22.7 Å². The lowest BCUT2D eigenvalue weighted by molar-refractivity contribution is -0.175. The summed E-state index contributed by atoms with van der Waals surface area (Å²) in [6, 6.07) is 7.81. The number of alkyl halides is 3. The summed E-state index contributed by atoms with van der Waals surface area (Å²) in [6.07, 6.45) is -2.04. The molecule has 0 unspecified atom stereocenters. The number of hydrogen-bond acceptors (Lipinski definition) is 3. The Morgan fingerprint density at radius 1 is 1.24 bits per heavy atom. The van der Waals surface area contributed by atoms with Gasteiger partial charge in [0, 0.05) is 13.1 Å². The highest BCUT2D eigenvalue weighted by Crippen LogP contribution is 2.19. The summed E-state index contributed by atoms with van der Waals surface area (Å²) < 4.78 is 40.4. The molecule has 0 saturated carbocycles. The van der Waals surface area contributed by atoms with E-state index in [1.54, 1.807) is 0 Å². The van der Waals surface area contributed by atoms with Gasteiger partial charge in [-0.1, -0.05) is 31.2 Å². The molecule has 1 aromatic carbocycles. The summed E-state index contributed by atoms with van der Waals surface area (Å²) in [5, 5.41) is 2.62. The van der Waals surface area contributed by atoms with Crippen LogP contribution in [0.4, 0.5) is 13.2 Å². The monoisotopic (exact) mass is 358 g/mol. The third-order valence-corrected chi connectivity index (χ3v) is 4.36. The Labute approximate surface area is 146 Å². The average Bonchev–Trinajstić information content (AvgIpc) is 2.55. The molecule has 1 fully saturated rings. The molecular formula is C18H25F3N2O2. The van der Waals surface area contributed by atoms with Crippen LogP contribution in [0, 0.1) is 5.92 Å². The number of nitrogens with one attached hydrogen (secondary N) is 1. The Morgan fingerprint density at radius 3 is 2.52 bits per heavy atom. The Hall–Kier alpha value is -1.60. The van der Waals surface area contributed by atoms with Crippen molar-refractivity contribution in [1.29, 1.82) is 0 Å². The van der Waals surface area contributed by atoms with E-state index in [4.69, 9.17) is 0 Å². The van der Waals surface area contributed by atoms with Crippen LogP contribution in [0.1, 0.15) is 30.9 Å². The quantitative estimate of drug-likeness (QED) is 0.814. The summed E-state index contributed by atoms with van der Waals surface area (Å²) >= 11 is 0. The summed E-state index contributed by atoms with van der Waals surface area (Å²) in [7, 11) is 0. The molecule has 1 amide bonds. The van der Waals surface area contributed by atoms with Gasteiger partial charge in [0.25, 0.3) is 0 Å². The van der Waals surface area contributed by atoms with Gasteiger partial charge in [0.1, 0.15) is 13.2 Å². The highest BCUT2D eigenvalue weighted by molar-refractivity contribution is 5.77. The lowest BCUT2D eigenvalue weighted by Gasteiger charge is -2.30. The highest BCUT2D eigenvalue weighted by atomic mass is 19.4. The lowest BCUT2D eigenvalue weighted by atomic mass is 9.98. The first-order valence-electron chi connectivity index (χ1n) is 8.54. The van der Waals surface area contributed by atoms with Gasteiger partial charge in [0.15, 0.2) is 0 Å². The first-order chi connectivity index (χ1) is 11.8. The number of nitrogens with zero attached hydrogens (tertiary/aromatic N) is 1. The number of amides is 1. The third-order valence-electron chi connectivity index (χ3n) is 4.36. The van der Waals surface area contributed by atoms with Gasteiger partial charge in [-0.3, -0.25) is 9.69 Å². The van der Waals surface area contributed by atoms with Crippen molar-refractivity contribution in [3.8, 4) is 0 Å². The van der Waals surface area contributed by atoms with Gasteiger partial charge in [-0.05, 0) is 43.0 Å². The van der Waals surface area contributed by atoms with Crippen LogP contribution in [0.2, 0.25) is 0 Å². The van der Waals surface area contributed by atoms with Crippen LogP contribution >= 0.6 is 0 Å². The minimum atomic E-state index is -4.42. The minimum absolute atomic E-state index is 0.286. The van der Waals surface area contributed by atoms with Crippen LogP contribution in [0.15, 0.2) is 24.3 Å². The zero-order valence-corrected chi connectivity index (χ0v) is 14.4. The van der Waals surface area contributed by atoms with Gasteiger partial charge in [-0.25, -0.2) is 0 Å². The number of likely N-dealkylation sites (tertiary alicyclic amines) is 1. The van der Waals surface area contributed by atoms with Gasteiger partial charge in [0.2, 0.25) is 5.91 Å². The maximum absolute atomic E-state index is 12.0. The number of ether oxygens (including phenoxy) is 1. The first kappa shape index (κ1) is 19.7. The summed E-state index contributed by atoms with van der Waals surface area (Å²) in [5.74, 6) is 0.216. The van der Waals surface area contributed by atoms with Crippen LogP contribution in [-0.4, -0.2) is 43.3 Å². The van der Waals surface area contributed by atoms with Gasteiger partial charge in [0.05, 0.1) is 0 Å². The Kier molecular flexibility index (Phi) is 7.25. The van der Waals surface area contributed by atoms with Crippen molar-refractivity contribution >= 4 is 5.91 Å². The molecule has 1 aliphatic heterocycles. The molecule has 1 aliphatic rings. The maximum Gasteiger partial charge on any atom is 0.411 e. The molecule has 4 nitrogen and oxygen atoms in total. The van der Waals surface area contributed by atoms with Crippen LogP contribution < -0.4 is 5.32 Å². The predicted octanol–water partition coefficient (Wildman–Crippen LogP) is 3.11. The molecule has 0 bridgehead atoms. The molecule has 1 aromatic rings. The molecule has 2 rings (SSSR count). The van der Waals surface area contributed by atoms with Crippen LogP contribution in [0.25, 0.3) is 0 Å². The Bertz CT molecular complexity index is 555. The molecule has 0 atom stereocenters. The van der Waals surface area contributed by atoms with Crippen molar-refractivity contribution in [1.82, 2.24) is 10.2 Å². The van der Waals surface area contributed by atoms with Crippen molar-refractivity contribution in [3.05, 3.63) is 35.4 Å². The minimum Gasteiger partial charge on any atom is -0.362 e. The number of halogens is 3. The second-order valence-corrected chi connectivity index (χ2v) is 6.61. The van der Waals surface area contributed by atoms with Crippen molar-refractivity contribution in [3.63, 3.8) is 0 Å². The second kappa shape index (κ2) is 9.20. The topological polar surface area (TPSA) is 41.6 Å². The van der Waals surface area contributed by atoms with E-state index in [-0.39, 0.29) is 6.54 Å². The van der Waals surface area contributed by atoms with Crippen molar-refractivity contribution in [2.75, 3.05) is 26.3 Å². The van der Waals surface area contributed by atoms with E-state index < -0.39 is 25.3 Å². The SMILES string of the molecule is CC1CCN(Cc2ccccc2CNC(=O)COCC(F)(F)F)CC1. The fourth-order valence-corrected chi connectivity index (χ4v) is 2.85. The number of hydrogen-bond donors (Lipinski definition) is 1. The average molecular weight is 358 g/mol. The van der Waals surface area contributed by atoms with E-state index in [2.05, 4.69) is 21.9 Å². The van der Waals surface area contributed by atoms with Crippen LogP contribution in [-0.2, 0) is 22.6 Å². The molecule has 25 heavy (non-hydrogen) atoms. The molecule has 0 aromatic heterocycles. The Balaban J connectivity index is 1.80. The largest absolute Gasteiger partial charge is 0.411 e. The van der Waals surface area contributed by atoms with Gasteiger partial charge in [-0.15, -0.1) is 0 Å². The van der Waals surface area contributed by atoms with Crippen LogP contribution in [0.5, 0.6) is 0 Å². The van der Waals surface area contributed by atoms with E-state index in [0.717, 1.165) is 36.7 Å².